The van der Waals surface area contributed by atoms with E-state index in [4.69, 9.17) is 9.15 Å². The van der Waals surface area contributed by atoms with Crippen LogP contribution >= 0.6 is 0 Å². The molecule has 2 rings (SSSR count). The van der Waals surface area contributed by atoms with E-state index in [0.29, 0.717) is 6.61 Å². The Balaban J connectivity index is 2.34. The monoisotopic (exact) mass is 205 g/mol. The highest BCUT2D eigenvalue weighted by Gasteiger charge is 2.03. The van der Waals surface area contributed by atoms with Crippen molar-refractivity contribution in [1.29, 1.82) is 0 Å². The van der Waals surface area contributed by atoms with Crippen molar-refractivity contribution in [1.82, 2.24) is 0 Å². The second-order valence-corrected chi connectivity index (χ2v) is 3.27. The molecule has 0 unspecified atom stereocenters. The minimum Gasteiger partial charge on any atom is -0.494 e. The standard InChI is InChI=1S/C12H15NO2/c1-3-13-12-8-9-7-10(14-4-2)5-6-11(9)15-12/h5-8,13H,3-4H2,1-2H3. The van der Waals surface area contributed by atoms with Gasteiger partial charge in [0.05, 0.1) is 6.61 Å². The molecule has 0 aliphatic heterocycles. The molecule has 0 atom stereocenters. The molecule has 15 heavy (non-hydrogen) atoms. The average molecular weight is 205 g/mol. The number of fused-ring (bicyclic) bond motifs is 1. The van der Waals surface area contributed by atoms with Crippen molar-refractivity contribution in [2.75, 3.05) is 18.5 Å². The van der Waals surface area contributed by atoms with Gasteiger partial charge in [-0.1, -0.05) is 0 Å². The Labute approximate surface area is 89.0 Å². The number of anilines is 1. The molecule has 0 radical (unpaired) electrons. The van der Waals surface area contributed by atoms with Gasteiger partial charge in [0.2, 0.25) is 0 Å². The summed E-state index contributed by atoms with van der Waals surface area (Å²) in [5.74, 6) is 1.69. The molecule has 1 aromatic heterocycles. The van der Waals surface area contributed by atoms with Gasteiger partial charge in [-0.25, -0.2) is 0 Å². The summed E-state index contributed by atoms with van der Waals surface area (Å²) in [6.07, 6.45) is 0. The molecule has 0 fully saturated rings. The summed E-state index contributed by atoms with van der Waals surface area (Å²) in [5.41, 5.74) is 0.884. The Morgan fingerprint density at radius 3 is 2.87 bits per heavy atom. The Morgan fingerprint density at radius 1 is 1.27 bits per heavy atom. The second-order valence-electron chi connectivity index (χ2n) is 3.27. The van der Waals surface area contributed by atoms with Crippen LogP contribution in [0.1, 0.15) is 13.8 Å². The highest BCUT2D eigenvalue weighted by molar-refractivity contribution is 5.82. The van der Waals surface area contributed by atoms with E-state index in [1.165, 1.54) is 0 Å². The molecule has 2 aromatic rings. The molecule has 0 bridgehead atoms. The van der Waals surface area contributed by atoms with Gasteiger partial charge in [0, 0.05) is 18.0 Å². The largest absolute Gasteiger partial charge is 0.494 e. The summed E-state index contributed by atoms with van der Waals surface area (Å²) in [6.45, 7) is 5.56. The van der Waals surface area contributed by atoms with E-state index < -0.39 is 0 Å². The number of rotatable bonds is 4. The topological polar surface area (TPSA) is 34.4 Å². The molecule has 0 saturated carbocycles. The van der Waals surface area contributed by atoms with Crippen molar-refractivity contribution in [2.24, 2.45) is 0 Å². The lowest BCUT2D eigenvalue weighted by atomic mass is 10.2. The van der Waals surface area contributed by atoms with Crippen LogP contribution in [0.2, 0.25) is 0 Å². The summed E-state index contributed by atoms with van der Waals surface area (Å²) in [6, 6.07) is 7.83. The van der Waals surface area contributed by atoms with E-state index in [9.17, 15) is 0 Å². The zero-order chi connectivity index (χ0) is 10.7. The molecule has 1 heterocycles. The zero-order valence-electron chi connectivity index (χ0n) is 9.04. The third-order valence-corrected chi connectivity index (χ3v) is 2.15. The predicted octanol–water partition coefficient (Wildman–Crippen LogP) is 3.26. The maximum atomic E-state index is 5.57. The molecule has 0 amide bonds. The van der Waals surface area contributed by atoms with Crippen LogP contribution in [0, 0.1) is 0 Å². The van der Waals surface area contributed by atoms with Crippen molar-refractivity contribution < 1.29 is 9.15 Å². The summed E-state index contributed by atoms with van der Waals surface area (Å²) in [5, 5.41) is 4.21. The molecule has 0 saturated heterocycles. The van der Waals surface area contributed by atoms with Crippen LogP contribution in [0.3, 0.4) is 0 Å². The first kappa shape index (κ1) is 9.90. The van der Waals surface area contributed by atoms with Crippen LogP contribution in [-0.4, -0.2) is 13.2 Å². The smallest absolute Gasteiger partial charge is 0.194 e. The Hall–Kier alpha value is -1.64. The van der Waals surface area contributed by atoms with E-state index in [0.717, 1.165) is 29.1 Å². The summed E-state index contributed by atoms with van der Waals surface area (Å²) >= 11 is 0. The third-order valence-electron chi connectivity index (χ3n) is 2.15. The first-order valence-corrected chi connectivity index (χ1v) is 5.23. The van der Waals surface area contributed by atoms with Crippen LogP contribution < -0.4 is 10.1 Å². The maximum Gasteiger partial charge on any atom is 0.194 e. The molecule has 0 spiro atoms. The van der Waals surface area contributed by atoms with Crippen molar-refractivity contribution in [3.8, 4) is 5.75 Å². The zero-order valence-corrected chi connectivity index (χ0v) is 9.04. The summed E-state index contributed by atoms with van der Waals surface area (Å²) < 4.78 is 11.0. The van der Waals surface area contributed by atoms with Crippen LogP contribution in [-0.2, 0) is 0 Å². The van der Waals surface area contributed by atoms with Gasteiger partial charge in [-0.15, -0.1) is 0 Å². The highest BCUT2D eigenvalue weighted by Crippen LogP contribution is 2.26. The van der Waals surface area contributed by atoms with Crippen molar-refractivity contribution in [3.63, 3.8) is 0 Å². The Bertz CT molecular complexity index is 444. The molecular formula is C12H15NO2. The van der Waals surface area contributed by atoms with Crippen LogP contribution in [0.5, 0.6) is 5.75 Å². The summed E-state index contributed by atoms with van der Waals surface area (Å²) in [7, 11) is 0. The Morgan fingerprint density at radius 2 is 2.13 bits per heavy atom. The van der Waals surface area contributed by atoms with Gasteiger partial charge in [-0.3, -0.25) is 0 Å². The molecule has 3 heteroatoms. The fourth-order valence-corrected chi connectivity index (χ4v) is 1.54. The van der Waals surface area contributed by atoms with Gasteiger partial charge in [-0.05, 0) is 32.0 Å². The number of nitrogens with one attached hydrogen (secondary N) is 1. The quantitative estimate of drug-likeness (QED) is 0.831. The average Bonchev–Trinajstić information content (AvgIpc) is 2.60. The molecular weight excluding hydrogens is 190 g/mol. The van der Waals surface area contributed by atoms with Crippen LogP contribution in [0.4, 0.5) is 5.88 Å². The number of hydrogen-bond donors (Lipinski definition) is 1. The van der Waals surface area contributed by atoms with Gasteiger partial charge in [0.15, 0.2) is 5.88 Å². The van der Waals surface area contributed by atoms with E-state index in [1.807, 2.05) is 38.1 Å². The lowest BCUT2D eigenvalue weighted by Gasteiger charge is -2.00. The van der Waals surface area contributed by atoms with Crippen molar-refractivity contribution >= 4 is 16.9 Å². The molecule has 1 aromatic carbocycles. The lowest BCUT2D eigenvalue weighted by molar-refractivity contribution is 0.340. The van der Waals surface area contributed by atoms with E-state index in [-0.39, 0.29) is 0 Å². The SMILES string of the molecule is CCNc1cc2cc(OCC)ccc2o1. The second kappa shape index (κ2) is 4.26. The molecule has 3 nitrogen and oxygen atoms in total. The third kappa shape index (κ3) is 2.06. The highest BCUT2D eigenvalue weighted by atomic mass is 16.5. The fraction of sp³-hybridized carbons (Fsp3) is 0.333. The molecule has 1 N–H and O–H groups in total. The van der Waals surface area contributed by atoms with Gasteiger partial charge in [-0.2, -0.15) is 0 Å². The number of furan rings is 1. The van der Waals surface area contributed by atoms with Crippen molar-refractivity contribution in [3.05, 3.63) is 24.3 Å². The fourth-order valence-electron chi connectivity index (χ4n) is 1.54. The van der Waals surface area contributed by atoms with Gasteiger partial charge in [0.1, 0.15) is 11.3 Å². The van der Waals surface area contributed by atoms with Gasteiger partial charge >= 0.3 is 0 Å². The van der Waals surface area contributed by atoms with Gasteiger partial charge < -0.3 is 14.5 Å². The number of benzene rings is 1. The lowest BCUT2D eigenvalue weighted by Crippen LogP contribution is -1.93. The van der Waals surface area contributed by atoms with Crippen molar-refractivity contribution in [2.45, 2.75) is 13.8 Å². The van der Waals surface area contributed by atoms with Crippen LogP contribution in [0.25, 0.3) is 11.0 Å². The minimum absolute atomic E-state index is 0.684. The maximum absolute atomic E-state index is 5.57. The van der Waals surface area contributed by atoms with E-state index in [1.54, 1.807) is 0 Å². The van der Waals surface area contributed by atoms with Gasteiger partial charge in [0.25, 0.3) is 0 Å². The first-order chi connectivity index (χ1) is 7.33. The minimum atomic E-state index is 0.684. The molecule has 80 valence electrons. The molecule has 0 aliphatic rings. The van der Waals surface area contributed by atoms with E-state index in [2.05, 4.69) is 5.32 Å². The normalized spacial score (nSPS) is 10.5. The van der Waals surface area contributed by atoms with E-state index >= 15 is 0 Å². The van der Waals surface area contributed by atoms with Crippen LogP contribution in [0.15, 0.2) is 28.7 Å². The Kier molecular flexibility index (Phi) is 2.81. The predicted molar refractivity (Wildman–Crippen MR) is 61.5 cm³/mol. The number of ether oxygens (including phenoxy) is 1. The molecule has 0 aliphatic carbocycles. The first-order valence-electron chi connectivity index (χ1n) is 5.23. The number of hydrogen-bond acceptors (Lipinski definition) is 3. The summed E-state index contributed by atoms with van der Waals surface area (Å²) in [4.78, 5) is 0.